The second-order valence-electron chi connectivity index (χ2n) is 3.39. The van der Waals surface area contributed by atoms with E-state index in [1.807, 2.05) is 30.3 Å². The number of furan rings is 1. The van der Waals surface area contributed by atoms with E-state index in [4.69, 9.17) is 9.25 Å². The highest BCUT2D eigenvalue weighted by molar-refractivity contribution is 5.97. The quantitative estimate of drug-likeness (QED) is 0.823. The first-order chi connectivity index (χ1) is 8.33. The van der Waals surface area contributed by atoms with Crippen molar-refractivity contribution in [3.63, 3.8) is 0 Å². The van der Waals surface area contributed by atoms with Gasteiger partial charge >= 0.3 is 5.91 Å². The zero-order chi connectivity index (χ0) is 12.1. The summed E-state index contributed by atoms with van der Waals surface area (Å²) in [6.45, 7) is 2.20. The molecular weight excluding hydrogens is 218 g/mol. The molecule has 0 bridgehead atoms. The van der Waals surface area contributed by atoms with Gasteiger partial charge in [0.2, 0.25) is 5.76 Å². The molecule has 2 rings (SSSR count). The van der Waals surface area contributed by atoms with Gasteiger partial charge < -0.3 is 4.42 Å². The summed E-state index contributed by atoms with van der Waals surface area (Å²) in [5.41, 5.74) is 4.00. The lowest BCUT2D eigenvalue weighted by molar-refractivity contribution is 0.0341. The molecule has 2 aromatic rings. The highest BCUT2D eigenvalue weighted by atomic mass is 16.7. The fraction of sp³-hybridized carbons (Fsp3) is 0.154. The van der Waals surface area contributed by atoms with Gasteiger partial charge in [-0.3, -0.25) is 9.63 Å². The number of nitrogens with one attached hydrogen (secondary N) is 1. The monoisotopic (exact) mass is 231 g/mol. The largest absolute Gasteiger partial charge is 0.458 e. The van der Waals surface area contributed by atoms with E-state index in [1.165, 1.54) is 6.26 Å². The predicted octanol–water partition coefficient (Wildman–Crippen LogP) is 2.63. The summed E-state index contributed by atoms with van der Waals surface area (Å²) >= 11 is 0. The second kappa shape index (κ2) is 5.32. The van der Waals surface area contributed by atoms with Crippen LogP contribution in [-0.2, 0) is 4.84 Å². The lowest BCUT2D eigenvalue weighted by Gasteiger charge is -2.03. The summed E-state index contributed by atoms with van der Waals surface area (Å²) in [6.07, 6.45) is 1.49. The summed E-state index contributed by atoms with van der Waals surface area (Å²) in [5, 5.41) is 0. The Kier molecular flexibility index (Phi) is 3.57. The van der Waals surface area contributed by atoms with Crippen LogP contribution in [0.15, 0.2) is 47.1 Å². The van der Waals surface area contributed by atoms with Crippen LogP contribution < -0.4 is 5.48 Å². The minimum Gasteiger partial charge on any atom is -0.458 e. The molecule has 0 atom stereocenters. The van der Waals surface area contributed by atoms with E-state index < -0.39 is 0 Å². The van der Waals surface area contributed by atoms with Crippen LogP contribution in [0.5, 0.6) is 0 Å². The van der Waals surface area contributed by atoms with Crippen molar-refractivity contribution in [1.29, 1.82) is 0 Å². The van der Waals surface area contributed by atoms with Gasteiger partial charge in [-0.05, 0) is 18.6 Å². The molecule has 0 aliphatic carbocycles. The average Bonchev–Trinajstić information content (AvgIpc) is 2.86. The van der Waals surface area contributed by atoms with E-state index in [-0.39, 0.29) is 11.7 Å². The number of hydrogen-bond acceptors (Lipinski definition) is 3. The van der Waals surface area contributed by atoms with Gasteiger partial charge in [-0.2, -0.15) is 0 Å². The topological polar surface area (TPSA) is 51.5 Å². The summed E-state index contributed by atoms with van der Waals surface area (Å²) < 4.78 is 5.19. The van der Waals surface area contributed by atoms with Crippen LogP contribution >= 0.6 is 0 Å². The minimum absolute atomic E-state index is 0.254. The smallest absolute Gasteiger partial charge is 0.311 e. The molecule has 4 nitrogen and oxygen atoms in total. The Labute approximate surface area is 99.2 Å². The molecule has 0 fully saturated rings. The lowest BCUT2D eigenvalue weighted by atomic mass is 10.1. The van der Waals surface area contributed by atoms with Crippen molar-refractivity contribution in [2.45, 2.75) is 6.92 Å². The standard InChI is InChI=1S/C13H13NO3/c1-2-17-14-13(15)12-11(8-9-16-12)10-6-4-3-5-7-10/h3-9H,2H2,1H3,(H,14,15). The number of hydroxylamine groups is 1. The van der Waals surface area contributed by atoms with E-state index in [1.54, 1.807) is 13.0 Å². The van der Waals surface area contributed by atoms with Crippen LogP contribution in [0.2, 0.25) is 0 Å². The van der Waals surface area contributed by atoms with Crippen molar-refractivity contribution in [1.82, 2.24) is 5.48 Å². The molecule has 1 aromatic heterocycles. The highest BCUT2D eigenvalue weighted by Gasteiger charge is 2.16. The molecule has 1 heterocycles. The van der Waals surface area contributed by atoms with Gasteiger partial charge in [-0.25, -0.2) is 5.48 Å². The normalized spacial score (nSPS) is 10.2. The molecule has 0 spiro atoms. The molecule has 17 heavy (non-hydrogen) atoms. The Morgan fingerprint density at radius 3 is 2.76 bits per heavy atom. The first-order valence-electron chi connectivity index (χ1n) is 5.38. The maximum absolute atomic E-state index is 11.7. The number of carbonyl (C=O) groups is 1. The molecule has 1 aromatic carbocycles. The third kappa shape index (κ3) is 2.54. The van der Waals surface area contributed by atoms with Crippen LogP contribution in [0.1, 0.15) is 17.5 Å². The SMILES string of the molecule is CCONC(=O)c1occc1-c1ccccc1. The Bertz CT molecular complexity index is 490. The summed E-state index contributed by atoms with van der Waals surface area (Å²) in [4.78, 5) is 16.6. The first-order valence-corrected chi connectivity index (χ1v) is 5.38. The predicted molar refractivity (Wildman–Crippen MR) is 63.2 cm³/mol. The molecule has 88 valence electrons. The number of carbonyl (C=O) groups excluding carboxylic acids is 1. The fourth-order valence-corrected chi connectivity index (χ4v) is 1.51. The summed E-state index contributed by atoms with van der Waals surface area (Å²) in [6, 6.07) is 11.3. The molecule has 1 N–H and O–H groups in total. The number of rotatable bonds is 4. The molecule has 0 saturated heterocycles. The number of amides is 1. The molecule has 1 amide bonds. The Balaban J connectivity index is 2.26. The van der Waals surface area contributed by atoms with Crippen molar-refractivity contribution in [3.8, 4) is 11.1 Å². The lowest BCUT2D eigenvalue weighted by Crippen LogP contribution is -2.23. The van der Waals surface area contributed by atoms with E-state index in [2.05, 4.69) is 5.48 Å². The maximum Gasteiger partial charge on any atom is 0.311 e. The van der Waals surface area contributed by atoms with Crippen molar-refractivity contribution in [2.24, 2.45) is 0 Å². The van der Waals surface area contributed by atoms with E-state index >= 15 is 0 Å². The molecule has 0 unspecified atom stereocenters. The maximum atomic E-state index is 11.7. The van der Waals surface area contributed by atoms with Crippen LogP contribution in [0, 0.1) is 0 Å². The third-order valence-corrected chi connectivity index (χ3v) is 2.27. The molecule has 0 saturated carbocycles. The molecule has 4 heteroatoms. The molecule has 0 aliphatic rings. The van der Waals surface area contributed by atoms with Gasteiger partial charge in [0, 0.05) is 5.56 Å². The van der Waals surface area contributed by atoms with Crippen molar-refractivity contribution in [3.05, 3.63) is 48.4 Å². The first kappa shape index (κ1) is 11.4. The average molecular weight is 231 g/mol. The van der Waals surface area contributed by atoms with Crippen LogP contribution in [0.25, 0.3) is 11.1 Å². The Morgan fingerprint density at radius 2 is 2.06 bits per heavy atom. The van der Waals surface area contributed by atoms with Gasteiger partial charge in [-0.1, -0.05) is 30.3 Å². The highest BCUT2D eigenvalue weighted by Crippen LogP contribution is 2.24. The second-order valence-corrected chi connectivity index (χ2v) is 3.39. The zero-order valence-corrected chi connectivity index (χ0v) is 9.47. The molecule has 0 radical (unpaired) electrons. The summed E-state index contributed by atoms with van der Waals surface area (Å²) in [5.74, 6) is -0.125. The molecule has 0 aliphatic heterocycles. The van der Waals surface area contributed by atoms with E-state index in [0.29, 0.717) is 6.61 Å². The van der Waals surface area contributed by atoms with Crippen LogP contribution in [0.4, 0.5) is 0 Å². The van der Waals surface area contributed by atoms with Crippen molar-refractivity contribution in [2.75, 3.05) is 6.61 Å². The van der Waals surface area contributed by atoms with Crippen molar-refractivity contribution >= 4 is 5.91 Å². The summed E-state index contributed by atoms with van der Waals surface area (Å²) in [7, 11) is 0. The van der Waals surface area contributed by atoms with Crippen LogP contribution in [-0.4, -0.2) is 12.5 Å². The fourth-order valence-electron chi connectivity index (χ4n) is 1.51. The number of benzene rings is 1. The van der Waals surface area contributed by atoms with Gasteiger partial charge in [-0.15, -0.1) is 0 Å². The van der Waals surface area contributed by atoms with Crippen LogP contribution in [0.3, 0.4) is 0 Å². The van der Waals surface area contributed by atoms with Gasteiger partial charge in [0.25, 0.3) is 0 Å². The minimum atomic E-state index is -0.379. The van der Waals surface area contributed by atoms with Gasteiger partial charge in [0.05, 0.1) is 12.9 Å². The van der Waals surface area contributed by atoms with Gasteiger partial charge in [0.15, 0.2) is 0 Å². The zero-order valence-electron chi connectivity index (χ0n) is 9.47. The number of hydrogen-bond donors (Lipinski definition) is 1. The third-order valence-electron chi connectivity index (χ3n) is 2.27. The Morgan fingerprint density at radius 1 is 1.29 bits per heavy atom. The van der Waals surface area contributed by atoms with Gasteiger partial charge in [0.1, 0.15) is 0 Å². The van der Waals surface area contributed by atoms with E-state index in [9.17, 15) is 4.79 Å². The van der Waals surface area contributed by atoms with Crippen molar-refractivity contribution < 1.29 is 14.0 Å². The Hall–Kier alpha value is -2.07. The molecular formula is C13H13NO3. The van der Waals surface area contributed by atoms with E-state index in [0.717, 1.165) is 11.1 Å².